The number of nitrogens with zero attached hydrogens (tertiary/aromatic N) is 1. The second-order valence-electron chi connectivity index (χ2n) is 6.92. The molecule has 7 nitrogen and oxygen atoms in total. The van der Waals surface area contributed by atoms with Crippen molar-refractivity contribution < 1.29 is 18.0 Å². The van der Waals surface area contributed by atoms with Crippen LogP contribution in [-0.2, 0) is 14.8 Å². The number of rotatable bonds is 5. The third kappa shape index (κ3) is 4.85. The number of nitrogens with one attached hydrogen (secondary N) is 2. The van der Waals surface area contributed by atoms with Gasteiger partial charge in [0.25, 0.3) is 5.91 Å². The molecule has 2 aromatic rings. The Bertz CT molecular complexity index is 1060. The third-order valence-corrected chi connectivity index (χ3v) is 7.27. The van der Waals surface area contributed by atoms with Gasteiger partial charge < -0.3 is 10.6 Å². The number of amides is 2. The van der Waals surface area contributed by atoms with Gasteiger partial charge in [0.1, 0.15) is 0 Å². The third-order valence-electron chi connectivity index (χ3n) is 4.68. The number of halogens is 1. The van der Waals surface area contributed by atoms with Crippen LogP contribution in [0.3, 0.4) is 0 Å². The predicted octanol–water partition coefficient (Wildman–Crippen LogP) is 3.75. The smallest absolute Gasteiger partial charge is 0.256 e. The fraction of sp³-hybridized carbons (Fsp3) is 0.300. The Morgan fingerprint density at radius 2 is 1.72 bits per heavy atom. The van der Waals surface area contributed by atoms with Gasteiger partial charge in [-0.3, -0.25) is 9.59 Å². The van der Waals surface area contributed by atoms with Gasteiger partial charge in [0, 0.05) is 35.9 Å². The number of benzene rings is 2. The Balaban J connectivity index is 1.84. The molecular formula is C20H22BrN3O4S. The van der Waals surface area contributed by atoms with Crippen LogP contribution in [0.25, 0.3) is 0 Å². The van der Waals surface area contributed by atoms with Crippen LogP contribution < -0.4 is 10.6 Å². The lowest BCUT2D eigenvalue weighted by Gasteiger charge is -2.16. The lowest BCUT2D eigenvalue weighted by molar-refractivity contribution is -0.114. The fourth-order valence-electron chi connectivity index (χ4n) is 3.19. The molecular weight excluding hydrogens is 458 g/mol. The van der Waals surface area contributed by atoms with E-state index in [4.69, 9.17) is 0 Å². The molecule has 1 saturated heterocycles. The van der Waals surface area contributed by atoms with Crippen LogP contribution >= 0.6 is 15.9 Å². The summed E-state index contributed by atoms with van der Waals surface area (Å²) < 4.78 is 27.5. The van der Waals surface area contributed by atoms with Crippen LogP contribution in [0.1, 0.15) is 35.7 Å². The van der Waals surface area contributed by atoms with Gasteiger partial charge in [-0.2, -0.15) is 4.31 Å². The summed E-state index contributed by atoms with van der Waals surface area (Å²) in [6.07, 6.45) is 1.69. The summed E-state index contributed by atoms with van der Waals surface area (Å²) in [4.78, 5) is 24.1. The van der Waals surface area contributed by atoms with Gasteiger partial charge in [-0.15, -0.1) is 0 Å². The van der Waals surface area contributed by atoms with E-state index in [2.05, 4.69) is 26.6 Å². The minimum absolute atomic E-state index is 0.102. The van der Waals surface area contributed by atoms with Gasteiger partial charge in [-0.1, -0.05) is 0 Å². The maximum atomic E-state index is 12.8. The SMILES string of the molecule is CC(=O)Nc1ccc(NC(=O)c2cc(S(=O)(=O)N3CCCC3)ccc2Br)cc1C. The van der Waals surface area contributed by atoms with Crippen molar-refractivity contribution in [3.8, 4) is 0 Å². The fourth-order valence-corrected chi connectivity index (χ4v) is 5.16. The summed E-state index contributed by atoms with van der Waals surface area (Å²) >= 11 is 3.33. The van der Waals surface area contributed by atoms with E-state index < -0.39 is 15.9 Å². The monoisotopic (exact) mass is 479 g/mol. The van der Waals surface area contributed by atoms with Gasteiger partial charge in [-0.25, -0.2) is 8.42 Å². The van der Waals surface area contributed by atoms with Gasteiger partial charge in [0.05, 0.1) is 10.5 Å². The van der Waals surface area contributed by atoms with Crippen LogP contribution in [0.2, 0.25) is 0 Å². The van der Waals surface area contributed by atoms with Gasteiger partial charge in [-0.05, 0) is 77.7 Å². The highest BCUT2D eigenvalue weighted by Gasteiger charge is 2.28. The van der Waals surface area contributed by atoms with E-state index in [9.17, 15) is 18.0 Å². The Kier molecular flexibility index (Phi) is 6.40. The highest BCUT2D eigenvalue weighted by molar-refractivity contribution is 9.10. The summed E-state index contributed by atoms with van der Waals surface area (Å²) in [5, 5.41) is 5.49. The Hall–Kier alpha value is -2.23. The van der Waals surface area contributed by atoms with Crippen molar-refractivity contribution in [1.82, 2.24) is 4.31 Å². The number of hydrogen-bond acceptors (Lipinski definition) is 4. The number of anilines is 2. The molecule has 0 aromatic heterocycles. The minimum atomic E-state index is -3.62. The molecule has 1 heterocycles. The first-order valence-corrected chi connectivity index (χ1v) is 11.4. The minimum Gasteiger partial charge on any atom is -0.326 e. The molecule has 0 radical (unpaired) electrons. The normalized spacial score (nSPS) is 14.6. The first kappa shape index (κ1) is 21.5. The zero-order valence-electron chi connectivity index (χ0n) is 16.2. The summed E-state index contributed by atoms with van der Waals surface area (Å²) in [5.74, 6) is -0.605. The van der Waals surface area contributed by atoms with Crippen molar-refractivity contribution in [2.45, 2.75) is 31.6 Å². The lowest BCUT2D eigenvalue weighted by atomic mass is 10.1. The summed E-state index contributed by atoms with van der Waals surface area (Å²) in [6, 6.07) is 9.59. The van der Waals surface area contributed by atoms with E-state index >= 15 is 0 Å². The molecule has 1 aliphatic rings. The van der Waals surface area contributed by atoms with E-state index in [-0.39, 0.29) is 16.4 Å². The standard InChI is InChI=1S/C20H22BrN3O4S/c1-13-11-15(5-8-19(13)22-14(2)25)23-20(26)17-12-16(6-7-18(17)21)29(27,28)24-9-3-4-10-24/h5-8,11-12H,3-4,9-10H2,1-2H3,(H,22,25)(H,23,26). The lowest BCUT2D eigenvalue weighted by Crippen LogP contribution is -2.28. The molecule has 2 N–H and O–H groups in total. The van der Waals surface area contributed by atoms with E-state index in [0.29, 0.717) is 28.9 Å². The first-order chi connectivity index (χ1) is 13.7. The van der Waals surface area contributed by atoms with Crippen molar-refractivity contribution in [1.29, 1.82) is 0 Å². The second kappa shape index (κ2) is 8.64. The average molecular weight is 480 g/mol. The topological polar surface area (TPSA) is 95.6 Å². The zero-order chi connectivity index (χ0) is 21.2. The van der Waals surface area contributed by atoms with Crippen molar-refractivity contribution in [3.63, 3.8) is 0 Å². The van der Waals surface area contributed by atoms with E-state index in [1.54, 1.807) is 24.3 Å². The first-order valence-electron chi connectivity index (χ1n) is 9.18. The number of aryl methyl sites for hydroxylation is 1. The molecule has 9 heteroatoms. The molecule has 0 saturated carbocycles. The number of carbonyl (C=O) groups excluding carboxylic acids is 2. The Morgan fingerprint density at radius 1 is 1.03 bits per heavy atom. The molecule has 29 heavy (non-hydrogen) atoms. The van der Waals surface area contributed by atoms with Gasteiger partial charge >= 0.3 is 0 Å². The highest BCUT2D eigenvalue weighted by Crippen LogP contribution is 2.27. The molecule has 0 bridgehead atoms. The van der Waals surface area contributed by atoms with Gasteiger partial charge in [0.15, 0.2) is 0 Å². The molecule has 1 aliphatic heterocycles. The van der Waals surface area contributed by atoms with Crippen LogP contribution in [0.4, 0.5) is 11.4 Å². The molecule has 2 amide bonds. The quantitative estimate of drug-likeness (QED) is 0.682. The van der Waals surface area contributed by atoms with Crippen LogP contribution in [-0.4, -0.2) is 37.6 Å². The average Bonchev–Trinajstić information content (AvgIpc) is 3.19. The molecule has 1 fully saturated rings. The number of sulfonamides is 1. The number of carbonyl (C=O) groups is 2. The van der Waals surface area contributed by atoms with Crippen molar-refractivity contribution >= 4 is 49.1 Å². The van der Waals surface area contributed by atoms with Crippen molar-refractivity contribution in [2.75, 3.05) is 23.7 Å². The van der Waals surface area contributed by atoms with E-state index in [1.807, 2.05) is 6.92 Å². The molecule has 154 valence electrons. The van der Waals surface area contributed by atoms with E-state index in [0.717, 1.165) is 18.4 Å². The van der Waals surface area contributed by atoms with E-state index in [1.165, 1.54) is 23.4 Å². The molecule has 0 spiro atoms. The summed E-state index contributed by atoms with van der Waals surface area (Å²) in [7, 11) is -3.62. The van der Waals surface area contributed by atoms with Gasteiger partial charge in [0.2, 0.25) is 15.9 Å². The van der Waals surface area contributed by atoms with Crippen molar-refractivity contribution in [2.24, 2.45) is 0 Å². The summed E-state index contributed by atoms with van der Waals surface area (Å²) in [6.45, 7) is 4.25. The molecule has 2 aromatic carbocycles. The second-order valence-corrected chi connectivity index (χ2v) is 9.71. The molecule has 0 unspecified atom stereocenters. The maximum Gasteiger partial charge on any atom is 0.256 e. The maximum absolute atomic E-state index is 12.8. The number of hydrogen-bond donors (Lipinski definition) is 2. The van der Waals surface area contributed by atoms with Crippen LogP contribution in [0.15, 0.2) is 45.8 Å². The Labute approximate surface area is 178 Å². The van der Waals surface area contributed by atoms with Crippen LogP contribution in [0.5, 0.6) is 0 Å². The summed E-state index contributed by atoms with van der Waals surface area (Å²) in [5.41, 5.74) is 2.23. The largest absolute Gasteiger partial charge is 0.326 e. The van der Waals surface area contributed by atoms with Crippen LogP contribution in [0, 0.1) is 6.92 Å². The molecule has 0 aliphatic carbocycles. The molecule has 0 atom stereocenters. The predicted molar refractivity (Wildman–Crippen MR) is 116 cm³/mol. The highest BCUT2D eigenvalue weighted by atomic mass is 79.9. The molecule has 3 rings (SSSR count). The van der Waals surface area contributed by atoms with Crippen molar-refractivity contribution in [3.05, 3.63) is 52.0 Å². The Morgan fingerprint density at radius 3 is 2.34 bits per heavy atom. The zero-order valence-corrected chi connectivity index (χ0v) is 18.6.